The fourth-order valence-corrected chi connectivity index (χ4v) is 3.58. The normalized spacial score (nSPS) is 13.6. The van der Waals surface area contributed by atoms with Crippen molar-refractivity contribution in [2.45, 2.75) is 34.3 Å². The number of aryl methyl sites for hydroxylation is 2. The number of rotatable bonds is 7. The van der Waals surface area contributed by atoms with E-state index in [-0.39, 0.29) is 12.0 Å². The van der Waals surface area contributed by atoms with E-state index in [0.717, 1.165) is 11.3 Å². The van der Waals surface area contributed by atoms with Crippen LogP contribution in [0.5, 0.6) is 11.5 Å². The van der Waals surface area contributed by atoms with Gasteiger partial charge in [-0.1, -0.05) is 6.07 Å². The van der Waals surface area contributed by atoms with Crippen molar-refractivity contribution in [2.24, 2.45) is 0 Å². The Balaban J connectivity index is 1.69. The minimum absolute atomic E-state index is 0.0658. The quantitative estimate of drug-likeness (QED) is 0.646. The molecule has 0 bridgehead atoms. The van der Waals surface area contributed by atoms with Crippen LogP contribution in [0.3, 0.4) is 0 Å². The van der Waals surface area contributed by atoms with Gasteiger partial charge in [0.2, 0.25) is 0 Å². The lowest BCUT2D eigenvalue weighted by Crippen LogP contribution is -2.50. The van der Waals surface area contributed by atoms with Crippen molar-refractivity contribution in [1.82, 2.24) is 9.80 Å². The summed E-state index contributed by atoms with van der Waals surface area (Å²) in [7, 11) is 0. The van der Waals surface area contributed by atoms with Crippen LogP contribution in [0.2, 0.25) is 0 Å². The second kappa shape index (κ2) is 10.9. The highest BCUT2D eigenvalue weighted by atomic mass is 16.6. The Morgan fingerprint density at radius 2 is 1.56 bits per heavy atom. The Kier molecular flexibility index (Phi) is 7.98. The van der Waals surface area contributed by atoms with Crippen molar-refractivity contribution in [3.8, 4) is 11.5 Å². The molecule has 0 aromatic heterocycles. The zero-order valence-electron chi connectivity index (χ0n) is 19.3. The number of benzene rings is 2. The van der Waals surface area contributed by atoms with Crippen LogP contribution in [0.4, 0.5) is 4.79 Å². The zero-order chi connectivity index (χ0) is 23.1. The lowest BCUT2D eigenvalue weighted by atomic mass is 10.1. The first-order valence-corrected chi connectivity index (χ1v) is 11.1. The third kappa shape index (κ3) is 5.72. The molecular formula is C25H32N2O5. The number of carbonyl (C=O) groups excluding carboxylic acids is 2. The molecule has 0 radical (unpaired) electrons. The van der Waals surface area contributed by atoms with Crippen molar-refractivity contribution in [2.75, 3.05) is 39.4 Å². The first kappa shape index (κ1) is 23.4. The van der Waals surface area contributed by atoms with Crippen LogP contribution in [0.15, 0.2) is 36.4 Å². The standard InChI is InChI=1S/C25H32N2O5/c1-5-30-23-10-8-20(16-21(23)17-32-22-9-7-18(3)19(4)15-22)24(28)26-11-13-27(14-12-26)25(29)31-6-2/h7-10,15-16H,5-6,11-14,17H2,1-4H3. The molecule has 0 spiro atoms. The molecule has 0 atom stereocenters. The third-order valence-electron chi connectivity index (χ3n) is 5.57. The van der Waals surface area contributed by atoms with E-state index in [0.29, 0.717) is 57.3 Å². The Hall–Kier alpha value is -3.22. The predicted molar refractivity (Wildman–Crippen MR) is 122 cm³/mol. The molecule has 1 fully saturated rings. The largest absolute Gasteiger partial charge is 0.493 e. The smallest absolute Gasteiger partial charge is 0.409 e. The van der Waals surface area contributed by atoms with Crippen LogP contribution in [-0.2, 0) is 11.3 Å². The van der Waals surface area contributed by atoms with Gasteiger partial charge in [-0.2, -0.15) is 0 Å². The predicted octanol–water partition coefficient (Wildman–Crippen LogP) is 4.20. The van der Waals surface area contributed by atoms with Gasteiger partial charge in [0.1, 0.15) is 18.1 Å². The van der Waals surface area contributed by atoms with Crippen molar-refractivity contribution in [1.29, 1.82) is 0 Å². The van der Waals surface area contributed by atoms with Gasteiger partial charge in [0, 0.05) is 37.3 Å². The molecule has 0 N–H and O–H groups in total. The number of piperazine rings is 1. The average molecular weight is 441 g/mol. The van der Waals surface area contributed by atoms with Gasteiger partial charge in [0.25, 0.3) is 5.91 Å². The monoisotopic (exact) mass is 440 g/mol. The van der Waals surface area contributed by atoms with Gasteiger partial charge in [0.15, 0.2) is 0 Å². The van der Waals surface area contributed by atoms with E-state index >= 15 is 0 Å². The zero-order valence-corrected chi connectivity index (χ0v) is 19.3. The summed E-state index contributed by atoms with van der Waals surface area (Å²) in [5.41, 5.74) is 3.78. The van der Waals surface area contributed by atoms with E-state index in [1.165, 1.54) is 11.1 Å². The molecule has 32 heavy (non-hydrogen) atoms. The maximum absolute atomic E-state index is 13.1. The minimum atomic E-state index is -0.327. The van der Waals surface area contributed by atoms with Crippen molar-refractivity contribution >= 4 is 12.0 Å². The summed E-state index contributed by atoms with van der Waals surface area (Å²) in [5.74, 6) is 1.42. The van der Waals surface area contributed by atoms with E-state index in [1.807, 2.05) is 37.3 Å². The second-order valence-electron chi connectivity index (χ2n) is 7.77. The van der Waals surface area contributed by atoms with Gasteiger partial charge in [-0.15, -0.1) is 0 Å². The Morgan fingerprint density at radius 3 is 2.22 bits per heavy atom. The summed E-state index contributed by atoms with van der Waals surface area (Å²) in [4.78, 5) is 28.4. The number of nitrogens with zero attached hydrogens (tertiary/aromatic N) is 2. The highest BCUT2D eigenvalue weighted by Gasteiger charge is 2.26. The first-order chi connectivity index (χ1) is 15.4. The highest BCUT2D eigenvalue weighted by molar-refractivity contribution is 5.94. The summed E-state index contributed by atoms with van der Waals surface area (Å²) in [6.45, 7) is 10.9. The second-order valence-corrected chi connectivity index (χ2v) is 7.77. The number of hydrogen-bond donors (Lipinski definition) is 0. The molecule has 7 heteroatoms. The van der Waals surface area contributed by atoms with Gasteiger partial charge >= 0.3 is 6.09 Å². The molecule has 2 aromatic carbocycles. The lowest BCUT2D eigenvalue weighted by Gasteiger charge is -2.34. The molecule has 3 rings (SSSR count). The fraction of sp³-hybridized carbons (Fsp3) is 0.440. The summed E-state index contributed by atoms with van der Waals surface area (Å²) in [6, 6.07) is 11.4. The molecule has 172 valence electrons. The molecule has 0 unspecified atom stereocenters. The summed E-state index contributed by atoms with van der Waals surface area (Å²) in [5, 5.41) is 0. The van der Waals surface area contributed by atoms with Crippen molar-refractivity contribution in [3.05, 3.63) is 58.7 Å². The van der Waals surface area contributed by atoms with Crippen molar-refractivity contribution < 1.29 is 23.8 Å². The van der Waals surface area contributed by atoms with E-state index < -0.39 is 0 Å². The van der Waals surface area contributed by atoms with Crippen LogP contribution in [-0.4, -0.2) is 61.2 Å². The third-order valence-corrected chi connectivity index (χ3v) is 5.57. The van der Waals surface area contributed by atoms with Gasteiger partial charge in [-0.3, -0.25) is 4.79 Å². The Bertz CT molecular complexity index is 951. The average Bonchev–Trinajstić information content (AvgIpc) is 2.80. The molecule has 2 aromatic rings. The van der Waals surface area contributed by atoms with Crippen LogP contribution in [0.1, 0.15) is 40.9 Å². The molecule has 1 heterocycles. The molecule has 0 aliphatic carbocycles. The van der Waals surface area contributed by atoms with Crippen LogP contribution < -0.4 is 9.47 Å². The molecule has 1 aliphatic rings. The van der Waals surface area contributed by atoms with Gasteiger partial charge in [0.05, 0.1) is 13.2 Å². The number of ether oxygens (including phenoxy) is 3. The summed E-state index contributed by atoms with van der Waals surface area (Å²) in [6.07, 6.45) is -0.327. The summed E-state index contributed by atoms with van der Waals surface area (Å²) < 4.78 is 16.8. The molecular weight excluding hydrogens is 408 g/mol. The lowest BCUT2D eigenvalue weighted by molar-refractivity contribution is 0.0570. The fourth-order valence-electron chi connectivity index (χ4n) is 3.58. The van der Waals surface area contributed by atoms with E-state index in [2.05, 4.69) is 13.8 Å². The van der Waals surface area contributed by atoms with Gasteiger partial charge < -0.3 is 24.0 Å². The topological polar surface area (TPSA) is 68.3 Å². The Morgan fingerprint density at radius 1 is 0.844 bits per heavy atom. The number of hydrogen-bond acceptors (Lipinski definition) is 5. The molecule has 1 saturated heterocycles. The van der Waals surface area contributed by atoms with Crippen LogP contribution in [0, 0.1) is 13.8 Å². The van der Waals surface area contributed by atoms with Gasteiger partial charge in [-0.25, -0.2) is 4.79 Å². The van der Waals surface area contributed by atoms with E-state index in [9.17, 15) is 9.59 Å². The SMILES string of the molecule is CCOC(=O)N1CCN(C(=O)c2ccc(OCC)c(COc3ccc(C)c(C)c3)c2)CC1. The number of amides is 2. The number of carbonyl (C=O) groups is 2. The molecule has 2 amide bonds. The van der Waals surface area contributed by atoms with Gasteiger partial charge in [-0.05, 0) is 69.2 Å². The molecule has 0 saturated carbocycles. The molecule has 1 aliphatic heterocycles. The first-order valence-electron chi connectivity index (χ1n) is 11.1. The Labute approximate surface area is 189 Å². The van der Waals surface area contributed by atoms with Crippen molar-refractivity contribution in [3.63, 3.8) is 0 Å². The van der Waals surface area contributed by atoms with Crippen LogP contribution >= 0.6 is 0 Å². The summed E-state index contributed by atoms with van der Waals surface area (Å²) >= 11 is 0. The maximum atomic E-state index is 13.1. The maximum Gasteiger partial charge on any atom is 0.409 e. The van der Waals surface area contributed by atoms with E-state index in [1.54, 1.807) is 22.8 Å². The minimum Gasteiger partial charge on any atom is -0.493 e. The highest BCUT2D eigenvalue weighted by Crippen LogP contribution is 2.25. The molecule has 7 nitrogen and oxygen atoms in total. The van der Waals surface area contributed by atoms with E-state index in [4.69, 9.17) is 14.2 Å². The van der Waals surface area contributed by atoms with Crippen LogP contribution in [0.25, 0.3) is 0 Å².